The summed E-state index contributed by atoms with van der Waals surface area (Å²) in [6.07, 6.45) is 1.52. The zero-order chi connectivity index (χ0) is 7.84. The first-order chi connectivity index (χ1) is 5.27. The molecule has 0 fully saturated rings. The summed E-state index contributed by atoms with van der Waals surface area (Å²) in [5.74, 6) is -0.101. The Morgan fingerprint density at radius 2 is 2.18 bits per heavy atom. The minimum absolute atomic E-state index is 0.101. The van der Waals surface area contributed by atoms with Crippen molar-refractivity contribution in [3.63, 3.8) is 0 Å². The zero-order valence-electron chi connectivity index (χ0n) is 6.18. The van der Waals surface area contributed by atoms with Gasteiger partial charge in [0.15, 0.2) is 0 Å². The maximum absolute atomic E-state index is 13.0. The van der Waals surface area contributed by atoms with E-state index in [9.17, 15) is 4.39 Å². The summed E-state index contributed by atoms with van der Waals surface area (Å²) >= 11 is 0. The van der Waals surface area contributed by atoms with E-state index in [-0.39, 0.29) is 11.9 Å². The number of fused-ring (bicyclic) bond motifs is 1. The summed E-state index contributed by atoms with van der Waals surface area (Å²) in [5.41, 5.74) is 7.59. The van der Waals surface area contributed by atoms with Gasteiger partial charge in [0.05, 0.1) is 0 Å². The number of rotatable bonds is 0. The zero-order valence-corrected chi connectivity index (χ0v) is 6.18. The van der Waals surface area contributed by atoms with Crippen LogP contribution >= 0.6 is 0 Å². The maximum Gasteiger partial charge on any atom is 0.126 e. The predicted molar refractivity (Wildman–Crippen MR) is 41.8 cm³/mol. The molecule has 0 unspecified atom stereocenters. The van der Waals surface area contributed by atoms with Gasteiger partial charge in [-0.2, -0.15) is 0 Å². The minimum Gasteiger partial charge on any atom is -0.327 e. The number of benzene rings is 1. The van der Waals surface area contributed by atoms with Gasteiger partial charge in [0.2, 0.25) is 0 Å². The molecule has 1 aromatic rings. The van der Waals surface area contributed by atoms with E-state index in [1.165, 1.54) is 6.07 Å². The molecule has 2 heteroatoms. The first-order valence-electron chi connectivity index (χ1n) is 3.79. The lowest BCUT2D eigenvalue weighted by atomic mass is 10.1. The highest BCUT2D eigenvalue weighted by Crippen LogP contribution is 2.23. The lowest BCUT2D eigenvalue weighted by molar-refractivity contribution is 0.606. The van der Waals surface area contributed by atoms with Gasteiger partial charge in [0, 0.05) is 6.04 Å². The third kappa shape index (κ3) is 1.03. The van der Waals surface area contributed by atoms with Crippen LogP contribution in [0, 0.1) is 5.82 Å². The smallest absolute Gasteiger partial charge is 0.126 e. The van der Waals surface area contributed by atoms with Crippen molar-refractivity contribution in [1.82, 2.24) is 0 Å². The van der Waals surface area contributed by atoms with Crippen molar-refractivity contribution in [3.8, 4) is 0 Å². The average Bonchev–Trinajstić information content (AvgIpc) is 2.31. The summed E-state index contributed by atoms with van der Waals surface area (Å²) in [5, 5.41) is 0. The first-order valence-corrected chi connectivity index (χ1v) is 3.79. The lowest BCUT2D eigenvalue weighted by Gasteiger charge is -1.97. The Balaban J connectivity index is 2.49. The Hall–Kier alpha value is -0.890. The molecule has 0 amide bonds. The van der Waals surface area contributed by atoms with Gasteiger partial charge in [-0.15, -0.1) is 0 Å². The Morgan fingerprint density at radius 3 is 2.91 bits per heavy atom. The molecule has 0 aliphatic heterocycles. The van der Waals surface area contributed by atoms with Crippen molar-refractivity contribution < 1.29 is 4.39 Å². The van der Waals surface area contributed by atoms with E-state index < -0.39 is 0 Å². The van der Waals surface area contributed by atoms with E-state index in [1.54, 1.807) is 6.07 Å². The van der Waals surface area contributed by atoms with Crippen LogP contribution in [0.15, 0.2) is 18.2 Å². The van der Waals surface area contributed by atoms with Crippen LogP contribution in [0.3, 0.4) is 0 Å². The molecule has 0 aromatic heterocycles. The Morgan fingerprint density at radius 1 is 1.36 bits per heavy atom. The number of nitrogens with two attached hydrogens (primary N) is 1. The Bertz CT molecular complexity index is 283. The first kappa shape index (κ1) is 6.80. The Kier molecular flexibility index (Phi) is 1.43. The topological polar surface area (TPSA) is 26.0 Å². The van der Waals surface area contributed by atoms with Crippen molar-refractivity contribution in [2.75, 3.05) is 0 Å². The highest BCUT2D eigenvalue weighted by molar-refractivity contribution is 5.34. The molecule has 1 aliphatic rings. The molecule has 0 saturated heterocycles. The van der Waals surface area contributed by atoms with Crippen LogP contribution in [0.25, 0.3) is 0 Å². The second-order valence-corrected chi connectivity index (χ2v) is 3.05. The highest BCUT2D eigenvalue weighted by Gasteiger charge is 2.20. The van der Waals surface area contributed by atoms with Crippen LogP contribution in [-0.2, 0) is 12.8 Å². The van der Waals surface area contributed by atoms with Gasteiger partial charge in [-0.25, -0.2) is 4.39 Å². The molecule has 0 spiro atoms. The molecule has 2 rings (SSSR count). The largest absolute Gasteiger partial charge is 0.327 e. The van der Waals surface area contributed by atoms with Crippen molar-refractivity contribution in [3.05, 3.63) is 35.1 Å². The van der Waals surface area contributed by atoms with Crippen molar-refractivity contribution in [2.24, 2.45) is 5.73 Å². The SMILES string of the molecule is N[C@@H]1Cc2cccc(F)c2C1. The van der Waals surface area contributed by atoms with E-state index in [4.69, 9.17) is 5.73 Å². The van der Waals surface area contributed by atoms with E-state index in [0.717, 1.165) is 17.5 Å². The number of hydrogen-bond acceptors (Lipinski definition) is 1. The predicted octanol–water partition coefficient (Wildman–Crippen LogP) is 1.25. The summed E-state index contributed by atoms with van der Waals surface area (Å²) < 4.78 is 13.0. The molecule has 2 N–H and O–H groups in total. The minimum atomic E-state index is -0.101. The third-order valence-corrected chi connectivity index (χ3v) is 2.16. The number of hydrogen-bond donors (Lipinski definition) is 1. The summed E-state index contributed by atoms with van der Waals surface area (Å²) in [7, 11) is 0. The van der Waals surface area contributed by atoms with E-state index in [2.05, 4.69) is 0 Å². The van der Waals surface area contributed by atoms with Crippen LogP contribution in [-0.4, -0.2) is 6.04 Å². The standard InChI is InChI=1S/C9H10FN/c10-9-3-1-2-6-4-7(11)5-8(6)9/h1-3,7H,4-5,11H2/t7-/m1/s1. The molecule has 0 bridgehead atoms. The quantitative estimate of drug-likeness (QED) is 0.593. The van der Waals surface area contributed by atoms with Crippen LogP contribution in [0.1, 0.15) is 11.1 Å². The van der Waals surface area contributed by atoms with Crippen molar-refractivity contribution in [2.45, 2.75) is 18.9 Å². The maximum atomic E-state index is 13.0. The number of halogens is 1. The summed E-state index contributed by atoms with van der Waals surface area (Å²) in [6.45, 7) is 0. The van der Waals surface area contributed by atoms with Crippen LogP contribution < -0.4 is 5.73 Å². The van der Waals surface area contributed by atoms with Gasteiger partial charge in [0.25, 0.3) is 0 Å². The van der Waals surface area contributed by atoms with Gasteiger partial charge >= 0.3 is 0 Å². The molecule has 0 radical (unpaired) electrons. The molecule has 1 atom stereocenters. The van der Waals surface area contributed by atoms with Crippen LogP contribution in [0.2, 0.25) is 0 Å². The van der Waals surface area contributed by atoms with E-state index in [1.807, 2.05) is 6.07 Å². The molecule has 1 nitrogen and oxygen atoms in total. The monoisotopic (exact) mass is 151 g/mol. The lowest BCUT2D eigenvalue weighted by Crippen LogP contribution is -2.19. The van der Waals surface area contributed by atoms with Crippen LogP contribution in [0.5, 0.6) is 0 Å². The van der Waals surface area contributed by atoms with Gasteiger partial charge < -0.3 is 5.73 Å². The fourth-order valence-corrected chi connectivity index (χ4v) is 1.64. The molecule has 11 heavy (non-hydrogen) atoms. The van der Waals surface area contributed by atoms with E-state index >= 15 is 0 Å². The summed E-state index contributed by atoms with van der Waals surface area (Å²) in [4.78, 5) is 0. The second kappa shape index (κ2) is 2.31. The molecule has 58 valence electrons. The second-order valence-electron chi connectivity index (χ2n) is 3.05. The van der Waals surface area contributed by atoms with E-state index in [0.29, 0.717) is 6.42 Å². The fraction of sp³-hybridized carbons (Fsp3) is 0.333. The average molecular weight is 151 g/mol. The van der Waals surface area contributed by atoms with Gasteiger partial charge in [0.1, 0.15) is 5.82 Å². The van der Waals surface area contributed by atoms with Gasteiger partial charge in [-0.3, -0.25) is 0 Å². The molecular weight excluding hydrogens is 141 g/mol. The van der Waals surface area contributed by atoms with Crippen LogP contribution in [0.4, 0.5) is 4.39 Å². The normalized spacial score (nSPS) is 21.8. The highest BCUT2D eigenvalue weighted by atomic mass is 19.1. The third-order valence-electron chi connectivity index (χ3n) is 2.16. The molecule has 1 aliphatic carbocycles. The fourth-order valence-electron chi connectivity index (χ4n) is 1.64. The van der Waals surface area contributed by atoms with Gasteiger partial charge in [-0.05, 0) is 30.0 Å². The van der Waals surface area contributed by atoms with Crippen molar-refractivity contribution >= 4 is 0 Å². The van der Waals surface area contributed by atoms with Gasteiger partial charge in [-0.1, -0.05) is 12.1 Å². The molecule has 0 saturated carbocycles. The Labute approximate surface area is 65.0 Å². The molecule has 0 heterocycles. The molecule has 1 aromatic carbocycles. The molecular formula is C9H10FN. The van der Waals surface area contributed by atoms with Crippen molar-refractivity contribution in [1.29, 1.82) is 0 Å². The summed E-state index contributed by atoms with van der Waals surface area (Å²) in [6, 6.07) is 5.32.